The van der Waals surface area contributed by atoms with E-state index in [1.807, 2.05) is 13.0 Å². The van der Waals surface area contributed by atoms with Crippen molar-refractivity contribution in [3.8, 4) is 0 Å². The van der Waals surface area contributed by atoms with Crippen LogP contribution >= 0.6 is 0 Å². The molecule has 0 aliphatic carbocycles. The molecule has 2 nitrogen and oxygen atoms in total. The highest BCUT2D eigenvalue weighted by molar-refractivity contribution is 5.16. The van der Waals surface area contributed by atoms with Gasteiger partial charge in [-0.25, -0.2) is 4.39 Å². The molecular formula is C10H15FN2. The van der Waals surface area contributed by atoms with Crippen LogP contribution in [0.15, 0.2) is 24.3 Å². The van der Waals surface area contributed by atoms with Gasteiger partial charge in [0.1, 0.15) is 5.82 Å². The molecular weight excluding hydrogens is 167 g/mol. The van der Waals surface area contributed by atoms with Crippen LogP contribution in [0.4, 0.5) is 4.39 Å². The van der Waals surface area contributed by atoms with Gasteiger partial charge in [-0.15, -0.1) is 0 Å². The maximum absolute atomic E-state index is 13.1. The zero-order valence-electron chi connectivity index (χ0n) is 7.76. The topological polar surface area (TPSA) is 38.0 Å². The quantitative estimate of drug-likeness (QED) is 0.735. The van der Waals surface area contributed by atoms with Gasteiger partial charge in [-0.05, 0) is 13.0 Å². The zero-order valence-corrected chi connectivity index (χ0v) is 7.76. The Balaban J connectivity index is 2.50. The molecule has 1 atom stereocenters. The average molecular weight is 182 g/mol. The molecule has 0 fully saturated rings. The molecule has 0 heterocycles. The largest absolute Gasteiger partial charge is 0.329 e. The Kier molecular flexibility index (Phi) is 3.86. The fraction of sp³-hybridized carbons (Fsp3) is 0.400. The van der Waals surface area contributed by atoms with Gasteiger partial charge in [0.25, 0.3) is 0 Å². The predicted molar refractivity (Wildman–Crippen MR) is 51.8 cm³/mol. The van der Waals surface area contributed by atoms with Crippen LogP contribution in [0.1, 0.15) is 12.5 Å². The molecule has 0 radical (unpaired) electrons. The first-order valence-electron chi connectivity index (χ1n) is 4.41. The van der Waals surface area contributed by atoms with Crippen molar-refractivity contribution in [1.82, 2.24) is 5.32 Å². The maximum atomic E-state index is 13.1. The van der Waals surface area contributed by atoms with E-state index in [1.54, 1.807) is 12.1 Å². The third kappa shape index (κ3) is 3.13. The molecule has 0 amide bonds. The van der Waals surface area contributed by atoms with E-state index in [0.717, 1.165) is 0 Å². The minimum Gasteiger partial charge on any atom is -0.329 e. The van der Waals surface area contributed by atoms with Gasteiger partial charge in [-0.1, -0.05) is 18.2 Å². The summed E-state index contributed by atoms with van der Waals surface area (Å²) in [5, 5.41) is 3.12. The van der Waals surface area contributed by atoms with Gasteiger partial charge < -0.3 is 11.1 Å². The van der Waals surface area contributed by atoms with Crippen molar-refractivity contribution >= 4 is 0 Å². The maximum Gasteiger partial charge on any atom is 0.127 e. The highest BCUT2D eigenvalue weighted by Gasteiger charge is 2.01. The average Bonchev–Trinajstić information content (AvgIpc) is 2.16. The van der Waals surface area contributed by atoms with Gasteiger partial charge in [-0.3, -0.25) is 0 Å². The van der Waals surface area contributed by atoms with E-state index < -0.39 is 0 Å². The van der Waals surface area contributed by atoms with E-state index in [9.17, 15) is 4.39 Å². The Morgan fingerprint density at radius 3 is 2.77 bits per heavy atom. The lowest BCUT2D eigenvalue weighted by molar-refractivity contribution is 0.533. The molecule has 1 aromatic carbocycles. The number of halogens is 1. The summed E-state index contributed by atoms with van der Waals surface area (Å²) in [4.78, 5) is 0. The number of nitrogens with one attached hydrogen (secondary N) is 1. The van der Waals surface area contributed by atoms with Gasteiger partial charge in [0.2, 0.25) is 0 Å². The van der Waals surface area contributed by atoms with Crippen LogP contribution < -0.4 is 11.1 Å². The van der Waals surface area contributed by atoms with Crippen LogP contribution in [0, 0.1) is 5.82 Å². The first-order chi connectivity index (χ1) is 6.24. The molecule has 0 spiro atoms. The standard InChI is InChI=1S/C10H15FN2/c1-8(6-12)13-7-9-4-2-3-5-10(9)11/h2-5,8,13H,6-7,12H2,1H3. The fourth-order valence-electron chi connectivity index (χ4n) is 1.01. The molecule has 0 bridgehead atoms. The lowest BCUT2D eigenvalue weighted by Gasteiger charge is -2.11. The zero-order chi connectivity index (χ0) is 9.68. The summed E-state index contributed by atoms with van der Waals surface area (Å²) >= 11 is 0. The summed E-state index contributed by atoms with van der Waals surface area (Å²) < 4.78 is 13.1. The highest BCUT2D eigenvalue weighted by atomic mass is 19.1. The van der Waals surface area contributed by atoms with Gasteiger partial charge >= 0.3 is 0 Å². The van der Waals surface area contributed by atoms with E-state index in [-0.39, 0.29) is 11.9 Å². The van der Waals surface area contributed by atoms with Crippen molar-refractivity contribution in [2.45, 2.75) is 19.5 Å². The Morgan fingerprint density at radius 2 is 2.15 bits per heavy atom. The van der Waals surface area contributed by atoms with Crippen LogP contribution in [-0.4, -0.2) is 12.6 Å². The Morgan fingerprint density at radius 1 is 1.46 bits per heavy atom. The second kappa shape index (κ2) is 4.94. The molecule has 3 heteroatoms. The number of nitrogens with two attached hydrogens (primary N) is 1. The summed E-state index contributed by atoms with van der Waals surface area (Å²) in [6.45, 7) is 3.07. The number of hydrogen-bond donors (Lipinski definition) is 2. The van der Waals surface area contributed by atoms with Crippen LogP contribution in [-0.2, 0) is 6.54 Å². The molecule has 1 unspecified atom stereocenters. The second-order valence-electron chi connectivity index (χ2n) is 3.11. The van der Waals surface area contributed by atoms with Crippen LogP contribution in [0.2, 0.25) is 0 Å². The van der Waals surface area contributed by atoms with Gasteiger partial charge in [-0.2, -0.15) is 0 Å². The summed E-state index contributed by atoms with van der Waals surface area (Å²) in [5.74, 6) is -0.167. The molecule has 72 valence electrons. The molecule has 0 aliphatic heterocycles. The third-order valence-electron chi connectivity index (χ3n) is 1.95. The Labute approximate surface area is 77.9 Å². The predicted octanol–water partition coefficient (Wildman–Crippen LogP) is 1.26. The lowest BCUT2D eigenvalue weighted by atomic mass is 10.2. The highest BCUT2D eigenvalue weighted by Crippen LogP contribution is 2.05. The van der Waals surface area contributed by atoms with Crippen LogP contribution in [0.3, 0.4) is 0 Å². The lowest BCUT2D eigenvalue weighted by Crippen LogP contribution is -2.32. The van der Waals surface area contributed by atoms with Crippen LogP contribution in [0.25, 0.3) is 0 Å². The molecule has 3 N–H and O–H groups in total. The molecule has 1 rings (SSSR count). The summed E-state index contributed by atoms with van der Waals surface area (Å²) in [7, 11) is 0. The van der Waals surface area contributed by atoms with E-state index in [0.29, 0.717) is 18.7 Å². The summed E-state index contributed by atoms with van der Waals surface area (Å²) in [5.41, 5.74) is 6.10. The monoisotopic (exact) mass is 182 g/mol. The van der Waals surface area contributed by atoms with E-state index in [4.69, 9.17) is 5.73 Å². The smallest absolute Gasteiger partial charge is 0.127 e. The minimum atomic E-state index is -0.167. The normalized spacial score (nSPS) is 12.8. The molecule has 0 aliphatic rings. The summed E-state index contributed by atoms with van der Waals surface area (Å²) in [6.07, 6.45) is 0. The van der Waals surface area contributed by atoms with E-state index >= 15 is 0 Å². The van der Waals surface area contributed by atoms with Crippen molar-refractivity contribution in [2.24, 2.45) is 5.73 Å². The van der Waals surface area contributed by atoms with E-state index in [2.05, 4.69) is 5.32 Å². The van der Waals surface area contributed by atoms with Crippen molar-refractivity contribution in [2.75, 3.05) is 6.54 Å². The van der Waals surface area contributed by atoms with Crippen LogP contribution in [0.5, 0.6) is 0 Å². The van der Waals surface area contributed by atoms with Gasteiger partial charge in [0, 0.05) is 24.7 Å². The Bertz CT molecular complexity index is 263. The minimum absolute atomic E-state index is 0.167. The first kappa shape index (κ1) is 10.2. The van der Waals surface area contributed by atoms with E-state index in [1.165, 1.54) is 6.07 Å². The molecule has 0 saturated heterocycles. The Hall–Kier alpha value is -0.930. The van der Waals surface area contributed by atoms with Gasteiger partial charge in [0.05, 0.1) is 0 Å². The molecule has 0 aromatic heterocycles. The number of hydrogen-bond acceptors (Lipinski definition) is 2. The third-order valence-corrected chi connectivity index (χ3v) is 1.95. The number of benzene rings is 1. The first-order valence-corrected chi connectivity index (χ1v) is 4.41. The molecule has 13 heavy (non-hydrogen) atoms. The van der Waals surface area contributed by atoms with Crippen molar-refractivity contribution < 1.29 is 4.39 Å². The van der Waals surface area contributed by atoms with Crippen molar-refractivity contribution in [3.63, 3.8) is 0 Å². The second-order valence-corrected chi connectivity index (χ2v) is 3.11. The fourth-order valence-corrected chi connectivity index (χ4v) is 1.01. The molecule has 1 aromatic rings. The molecule has 0 saturated carbocycles. The SMILES string of the molecule is CC(CN)NCc1ccccc1F. The van der Waals surface area contributed by atoms with Gasteiger partial charge in [0.15, 0.2) is 0 Å². The number of rotatable bonds is 4. The van der Waals surface area contributed by atoms with Crippen molar-refractivity contribution in [1.29, 1.82) is 0 Å². The van der Waals surface area contributed by atoms with Crippen molar-refractivity contribution in [3.05, 3.63) is 35.6 Å². The summed E-state index contributed by atoms with van der Waals surface area (Å²) in [6, 6.07) is 6.97.